The average Bonchev–Trinajstić information content (AvgIpc) is 3.22. The van der Waals surface area contributed by atoms with Gasteiger partial charge in [-0.15, -0.1) is 0 Å². The third-order valence-electron chi connectivity index (χ3n) is 4.59. The van der Waals surface area contributed by atoms with Crippen molar-refractivity contribution >= 4 is 21.8 Å². The monoisotopic (exact) mass is 401 g/mol. The van der Waals surface area contributed by atoms with Gasteiger partial charge in [-0.3, -0.25) is 14.5 Å². The van der Waals surface area contributed by atoms with Crippen molar-refractivity contribution in [2.24, 2.45) is 4.99 Å². The maximum atomic E-state index is 12.4. The minimum Gasteiger partial charge on any atom is -0.454 e. The molecular weight excluding hydrogens is 382 g/mol. The highest BCUT2D eigenvalue weighted by Gasteiger charge is 2.30. The van der Waals surface area contributed by atoms with Crippen LogP contribution >= 0.6 is 0 Å². The lowest BCUT2D eigenvalue weighted by Crippen LogP contribution is -2.42. The van der Waals surface area contributed by atoms with Crippen LogP contribution in [-0.2, 0) is 20.4 Å². The Morgan fingerprint density at radius 2 is 1.93 bits per heavy atom. The van der Waals surface area contributed by atoms with Crippen LogP contribution in [0, 0.1) is 0 Å². The Bertz CT molecular complexity index is 1090. The van der Waals surface area contributed by atoms with E-state index in [1.165, 1.54) is 6.07 Å². The van der Waals surface area contributed by atoms with Gasteiger partial charge in [-0.2, -0.15) is 0 Å². The van der Waals surface area contributed by atoms with E-state index in [-0.39, 0.29) is 30.0 Å². The number of carbonyl (C=O) groups is 1. The van der Waals surface area contributed by atoms with Crippen LogP contribution in [0.3, 0.4) is 0 Å². The van der Waals surface area contributed by atoms with Crippen molar-refractivity contribution < 1.29 is 22.7 Å². The number of amides is 1. The van der Waals surface area contributed by atoms with E-state index >= 15 is 0 Å². The molecule has 8 nitrogen and oxygen atoms in total. The number of ether oxygens (including phenoxy) is 2. The molecule has 28 heavy (non-hydrogen) atoms. The molecule has 2 aliphatic heterocycles. The fraction of sp³-hybridized carbons (Fsp3) is 0.263. The van der Waals surface area contributed by atoms with E-state index in [0.29, 0.717) is 17.1 Å². The molecule has 2 aromatic rings. The van der Waals surface area contributed by atoms with Crippen molar-refractivity contribution in [3.63, 3.8) is 0 Å². The number of hydrogen-bond acceptors (Lipinski definition) is 6. The Labute approximate surface area is 162 Å². The number of nitrogens with zero attached hydrogens (tertiary/aromatic N) is 1. The third kappa shape index (κ3) is 3.29. The van der Waals surface area contributed by atoms with Gasteiger partial charge in [-0.05, 0) is 43.7 Å². The number of amidine groups is 1. The average molecular weight is 401 g/mol. The topological polar surface area (TPSA) is 106 Å². The van der Waals surface area contributed by atoms with E-state index in [0.717, 1.165) is 5.56 Å². The molecule has 0 saturated carbocycles. The van der Waals surface area contributed by atoms with E-state index in [1.54, 1.807) is 24.3 Å². The predicted octanol–water partition coefficient (Wildman–Crippen LogP) is 1.51. The van der Waals surface area contributed by atoms with Crippen LogP contribution in [-0.4, -0.2) is 33.5 Å². The van der Waals surface area contributed by atoms with E-state index in [2.05, 4.69) is 15.0 Å². The second-order valence-electron chi connectivity index (χ2n) is 7.01. The maximum Gasteiger partial charge on any atom is 0.263 e. The van der Waals surface area contributed by atoms with Gasteiger partial charge in [0, 0.05) is 5.56 Å². The summed E-state index contributed by atoms with van der Waals surface area (Å²) in [4.78, 5) is 16.8. The SMILES string of the molecule is CC(C)(NC(=O)CN=C1NS(=O)(=O)c2ccccc21)c1ccc2c(c1)OCO2. The number of benzene rings is 2. The number of nitrogens with one attached hydrogen (secondary N) is 2. The zero-order chi connectivity index (χ0) is 19.9. The fourth-order valence-electron chi connectivity index (χ4n) is 3.15. The lowest BCUT2D eigenvalue weighted by atomic mass is 9.94. The van der Waals surface area contributed by atoms with Crippen LogP contribution in [0.15, 0.2) is 52.4 Å². The van der Waals surface area contributed by atoms with Gasteiger partial charge in [0.15, 0.2) is 11.5 Å². The summed E-state index contributed by atoms with van der Waals surface area (Å²) in [6.07, 6.45) is 0. The van der Waals surface area contributed by atoms with Gasteiger partial charge in [0.25, 0.3) is 10.0 Å². The van der Waals surface area contributed by atoms with Crippen molar-refractivity contribution in [1.29, 1.82) is 0 Å². The molecule has 4 rings (SSSR count). The van der Waals surface area contributed by atoms with Crippen molar-refractivity contribution in [1.82, 2.24) is 10.0 Å². The largest absolute Gasteiger partial charge is 0.454 e. The first-order chi connectivity index (χ1) is 13.3. The van der Waals surface area contributed by atoms with Crippen molar-refractivity contribution in [2.45, 2.75) is 24.3 Å². The van der Waals surface area contributed by atoms with Gasteiger partial charge in [-0.1, -0.05) is 18.2 Å². The van der Waals surface area contributed by atoms with Crippen LogP contribution < -0.4 is 19.5 Å². The first kappa shape index (κ1) is 18.3. The summed E-state index contributed by atoms with van der Waals surface area (Å²) in [5.41, 5.74) is 0.640. The molecule has 2 aliphatic rings. The molecule has 146 valence electrons. The summed E-state index contributed by atoms with van der Waals surface area (Å²) < 4.78 is 37.3. The molecular formula is C19H19N3O5S. The molecule has 0 saturated heterocycles. The lowest BCUT2D eigenvalue weighted by Gasteiger charge is -2.26. The Balaban J connectivity index is 1.48. The highest BCUT2D eigenvalue weighted by atomic mass is 32.2. The summed E-state index contributed by atoms with van der Waals surface area (Å²) in [5, 5.41) is 2.91. The molecule has 2 N–H and O–H groups in total. The second-order valence-corrected chi connectivity index (χ2v) is 8.66. The van der Waals surface area contributed by atoms with Crippen molar-refractivity contribution in [3.8, 4) is 11.5 Å². The number of hydrogen-bond donors (Lipinski definition) is 2. The summed E-state index contributed by atoms with van der Waals surface area (Å²) in [7, 11) is -3.62. The van der Waals surface area contributed by atoms with Gasteiger partial charge < -0.3 is 14.8 Å². The normalized spacial score (nSPS) is 17.9. The van der Waals surface area contributed by atoms with E-state index < -0.39 is 15.6 Å². The fourth-order valence-corrected chi connectivity index (χ4v) is 4.40. The zero-order valence-corrected chi connectivity index (χ0v) is 16.2. The highest BCUT2D eigenvalue weighted by molar-refractivity contribution is 7.90. The third-order valence-corrected chi connectivity index (χ3v) is 5.99. The molecule has 0 unspecified atom stereocenters. The molecule has 0 atom stereocenters. The van der Waals surface area contributed by atoms with Crippen LogP contribution in [0.2, 0.25) is 0 Å². The molecule has 0 aliphatic carbocycles. The molecule has 9 heteroatoms. The first-order valence-corrected chi connectivity index (χ1v) is 10.1. The van der Waals surface area contributed by atoms with Gasteiger partial charge in [0.05, 0.1) is 10.4 Å². The number of rotatable bonds is 4. The molecule has 0 radical (unpaired) electrons. The number of aliphatic imine (C=N–C) groups is 1. The molecule has 0 spiro atoms. The van der Waals surface area contributed by atoms with E-state index in [1.807, 2.05) is 26.0 Å². The number of fused-ring (bicyclic) bond motifs is 2. The first-order valence-electron chi connectivity index (χ1n) is 8.64. The molecule has 0 fully saturated rings. The minimum absolute atomic E-state index is 0.162. The Morgan fingerprint density at radius 1 is 1.18 bits per heavy atom. The van der Waals surface area contributed by atoms with Gasteiger partial charge >= 0.3 is 0 Å². The quantitative estimate of drug-likeness (QED) is 0.808. The van der Waals surface area contributed by atoms with Gasteiger partial charge in [-0.25, -0.2) is 8.42 Å². The van der Waals surface area contributed by atoms with Gasteiger partial charge in [0.1, 0.15) is 12.4 Å². The van der Waals surface area contributed by atoms with E-state index in [4.69, 9.17) is 9.47 Å². The highest BCUT2D eigenvalue weighted by Crippen LogP contribution is 2.35. The molecule has 0 bridgehead atoms. The zero-order valence-electron chi connectivity index (χ0n) is 15.4. The Morgan fingerprint density at radius 3 is 2.75 bits per heavy atom. The van der Waals surface area contributed by atoms with Crippen LogP contribution in [0.4, 0.5) is 0 Å². The van der Waals surface area contributed by atoms with Crippen molar-refractivity contribution in [2.75, 3.05) is 13.3 Å². The van der Waals surface area contributed by atoms with Crippen LogP contribution in [0.25, 0.3) is 0 Å². The smallest absolute Gasteiger partial charge is 0.263 e. The maximum absolute atomic E-state index is 12.4. The Kier molecular flexibility index (Phi) is 4.26. The second kappa shape index (κ2) is 6.52. The molecule has 2 heterocycles. The van der Waals surface area contributed by atoms with Crippen LogP contribution in [0.5, 0.6) is 11.5 Å². The van der Waals surface area contributed by atoms with E-state index in [9.17, 15) is 13.2 Å². The molecule has 2 aromatic carbocycles. The minimum atomic E-state index is -3.62. The summed E-state index contributed by atoms with van der Waals surface area (Å²) >= 11 is 0. The van der Waals surface area contributed by atoms with Crippen molar-refractivity contribution in [3.05, 3.63) is 53.6 Å². The Hall–Kier alpha value is -3.07. The molecule has 1 amide bonds. The molecule has 0 aromatic heterocycles. The number of carbonyl (C=O) groups excluding carboxylic acids is 1. The van der Waals surface area contributed by atoms with Crippen LogP contribution in [0.1, 0.15) is 25.0 Å². The standard InChI is InChI=1S/C19H19N3O5S/c1-19(2,12-7-8-14-15(9-12)27-11-26-14)21-17(23)10-20-18-13-5-3-4-6-16(13)28(24,25)22-18/h3-9H,10-11H2,1-2H3,(H,20,22)(H,21,23). The summed E-state index contributed by atoms with van der Waals surface area (Å²) in [6, 6.07) is 12.0. The predicted molar refractivity (Wildman–Crippen MR) is 102 cm³/mol. The number of sulfonamides is 1. The summed E-state index contributed by atoms with van der Waals surface area (Å²) in [5.74, 6) is 1.15. The lowest BCUT2D eigenvalue weighted by molar-refractivity contribution is -0.121. The van der Waals surface area contributed by atoms with Gasteiger partial charge in [0.2, 0.25) is 12.7 Å². The summed E-state index contributed by atoms with van der Waals surface area (Å²) in [6.45, 7) is 3.70.